The van der Waals surface area contributed by atoms with E-state index in [0.29, 0.717) is 25.1 Å². The number of rotatable bonds is 5. The molecule has 23 heavy (non-hydrogen) atoms. The average Bonchev–Trinajstić information content (AvgIpc) is 2.98. The van der Waals surface area contributed by atoms with Crippen LogP contribution in [0.4, 0.5) is 0 Å². The maximum atomic E-state index is 12.4. The molecule has 1 aliphatic carbocycles. The van der Waals surface area contributed by atoms with E-state index in [4.69, 9.17) is 4.74 Å². The summed E-state index contributed by atoms with van der Waals surface area (Å²) >= 11 is 0. The normalized spacial score (nSPS) is 26.2. The minimum atomic E-state index is -0.0114. The zero-order chi connectivity index (χ0) is 15.4. The van der Waals surface area contributed by atoms with Crippen LogP contribution in [-0.4, -0.2) is 25.1 Å². The number of fused-ring (bicyclic) bond motifs is 1. The van der Waals surface area contributed by atoms with Crippen LogP contribution in [0.25, 0.3) is 0 Å². The first kappa shape index (κ1) is 18.2. The van der Waals surface area contributed by atoms with E-state index in [1.54, 1.807) is 7.11 Å². The van der Waals surface area contributed by atoms with Crippen molar-refractivity contribution in [2.24, 2.45) is 5.92 Å². The molecular weight excluding hydrogens is 312 g/mol. The Balaban J connectivity index is 0.00000192. The van der Waals surface area contributed by atoms with Gasteiger partial charge in [-0.15, -0.1) is 12.4 Å². The number of hydrogen-bond donors (Lipinski definition) is 2. The number of carbonyl (C=O) groups is 1. The Hall–Kier alpha value is -1.10. The van der Waals surface area contributed by atoms with Crippen LogP contribution >= 0.6 is 12.4 Å². The Morgan fingerprint density at radius 3 is 2.74 bits per heavy atom. The van der Waals surface area contributed by atoms with Gasteiger partial charge >= 0.3 is 0 Å². The standard InChI is InChI=1S/C18H26N2O2.ClH/c1-22-12-15-8-3-2-7-14(15)11-19-18(21)17-10-13-6-4-5-9-16(13)20-17;/h2-3,7-8,13,16-17,20H,4-6,9-12H2,1H3,(H,19,21);1H. The molecule has 0 radical (unpaired) electrons. The Bertz CT molecular complexity index is 509. The van der Waals surface area contributed by atoms with Crippen molar-refractivity contribution in [2.45, 2.75) is 57.3 Å². The van der Waals surface area contributed by atoms with E-state index < -0.39 is 0 Å². The maximum Gasteiger partial charge on any atom is 0.237 e. The minimum absolute atomic E-state index is 0. The predicted molar refractivity (Wildman–Crippen MR) is 93.5 cm³/mol. The fourth-order valence-electron chi connectivity index (χ4n) is 3.85. The van der Waals surface area contributed by atoms with E-state index in [2.05, 4.69) is 16.7 Å². The molecule has 128 valence electrons. The van der Waals surface area contributed by atoms with Crippen molar-refractivity contribution in [2.75, 3.05) is 7.11 Å². The highest BCUT2D eigenvalue weighted by atomic mass is 35.5. The van der Waals surface area contributed by atoms with Crippen molar-refractivity contribution in [1.29, 1.82) is 0 Å². The second-order valence-corrected chi connectivity index (χ2v) is 6.53. The minimum Gasteiger partial charge on any atom is -0.380 e. The zero-order valence-corrected chi connectivity index (χ0v) is 14.5. The predicted octanol–water partition coefficient (Wildman–Crippen LogP) is 2.79. The fraction of sp³-hybridized carbons (Fsp3) is 0.611. The van der Waals surface area contributed by atoms with Crippen molar-refractivity contribution in [3.63, 3.8) is 0 Å². The molecule has 2 fully saturated rings. The van der Waals surface area contributed by atoms with E-state index >= 15 is 0 Å². The number of hydrogen-bond acceptors (Lipinski definition) is 3. The van der Waals surface area contributed by atoms with Gasteiger partial charge in [-0.05, 0) is 36.3 Å². The Morgan fingerprint density at radius 1 is 1.26 bits per heavy atom. The highest BCUT2D eigenvalue weighted by Gasteiger charge is 2.37. The number of benzene rings is 1. The molecular formula is C18H27ClN2O2. The summed E-state index contributed by atoms with van der Waals surface area (Å²) in [6, 6.07) is 8.66. The lowest BCUT2D eigenvalue weighted by molar-refractivity contribution is -0.123. The van der Waals surface area contributed by atoms with Gasteiger partial charge in [-0.25, -0.2) is 0 Å². The van der Waals surface area contributed by atoms with Crippen LogP contribution in [0.5, 0.6) is 0 Å². The number of halogens is 1. The number of ether oxygens (including phenoxy) is 1. The SMILES string of the molecule is COCc1ccccc1CNC(=O)C1CC2CCCCC2N1.Cl. The molecule has 2 N–H and O–H groups in total. The highest BCUT2D eigenvalue weighted by Crippen LogP contribution is 2.33. The molecule has 2 aliphatic rings. The Kier molecular flexibility index (Phi) is 6.88. The topological polar surface area (TPSA) is 50.4 Å². The molecule has 1 aromatic carbocycles. The van der Waals surface area contributed by atoms with Crippen LogP contribution in [0.2, 0.25) is 0 Å². The number of nitrogens with one attached hydrogen (secondary N) is 2. The van der Waals surface area contributed by atoms with E-state index in [0.717, 1.165) is 17.5 Å². The molecule has 4 nitrogen and oxygen atoms in total. The average molecular weight is 339 g/mol. The number of methoxy groups -OCH3 is 1. The van der Waals surface area contributed by atoms with Gasteiger partial charge in [-0.1, -0.05) is 37.1 Å². The number of amides is 1. The summed E-state index contributed by atoms with van der Waals surface area (Å²) in [4.78, 5) is 12.4. The summed E-state index contributed by atoms with van der Waals surface area (Å²) in [5.41, 5.74) is 2.27. The molecule has 1 amide bonds. The third kappa shape index (κ3) is 4.46. The van der Waals surface area contributed by atoms with Gasteiger partial charge in [0, 0.05) is 19.7 Å². The molecule has 1 aliphatic heterocycles. The third-order valence-electron chi connectivity index (χ3n) is 5.05. The van der Waals surface area contributed by atoms with Gasteiger partial charge in [0.05, 0.1) is 12.6 Å². The van der Waals surface area contributed by atoms with Crippen LogP contribution in [0.15, 0.2) is 24.3 Å². The lowest BCUT2D eigenvalue weighted by Gasteiger charge is -2.24. The van der Waals surface area contributed by atoms with E-state index in [1.807, 2.05) is 18.2 Å². The smallest absolute Gasteiger partial charge is 0.237 e. The highest BCUT2D eigenvalue weighted by molar-refractivity contribution is 5.85. The molecule has 1 aromatic rings. The molecule has 5 heteroatoms. The molecule has 1 saturated carbocycles. The molecule has 1 saturated heterocycles. The van der Waals surface area contributed by atoms with Crippen molar-refractivity contribution in [1.82, 2.24) is 10.6 Å². The van der Waals surface area contributed by atoms with Gasteiger partial charge in [-0.3, -0.25) is 4.79 Å². The van der Waals surface area contributed by atoms with E-state index in [9.17, 15) is 4.79 Å². The van der Waals surface area contributed by atoms with Gasteiger partial charge < -0.3 is 15.4 Å². The maximum absolute atomic E-state index is 12.4. The van der Waals surface area contributed by atoms with Gasteiger partial charge in [0.15, 0.2) is 0 Å². The second-order valence-electron chi connectivity index (χ2n) is 6.53. The molecule has 3 rings (SSSR count). The van der Waals surface area contributed by atoms with Crippen molar-refractivity contribution in [3.8, 4) is 0 Å². The van der Waals surface area contributed by atoms with Gasteiger partial charge in [0.2, 0.25) is 5.91 Å². The number of carbonyl (C=O) groups excluding carboxylic acids is 1. The summed E-state index contributed by atoms with van der Waals surface area (Å²) in [6.07, 6.45) is 6.12. The van der Waals surface area contributed by atoms with Crippen LogP contribution in [0.3, 0.4) is 0 Å². The van der Waals surface area contributed by atoms with E-state index in [1.165, 1.54) is 25.7 Å². The molecule has 3 atom stereocenters. The largest absolute Gasteiger partial charge is 0.380 e. The van der Waals surface area contributed by atoms with Gasteiger partial charge in [0.1, 0.15) is 0 Å². The fourth-order valence-corrected chi connectivity index (χ4v) is 3.85. The van der Waals surface area contributed by atoms with Crippen molar-refractivity contribution in [3.05, 3.63) is 35.4 Å². The Morgan fingerprint density at radius 2 is 2.00 bits per heavy atom. The summed E-state index contributed by atoms with van der Waals surface area (Å²) in [5.74, 6) is 0.840. The molecule has 1 heterocycles. The first-order chi connectivity index (χ1) is 10.8. The van der Waals surface area contributed by atoms with Gasteiger partial charge in [0.25, 0.3) is 0 Å². The van der Waals surface area contributed by atoms with Crippen LogP contribution in [0.1, 0.15) is 43.2 Å². The lowest BCUT2D eigenvalue weighted by Crippen LogP contribution is -2.43. The second kappa shape index (κ2) is 8.67. The third-order valence-corrected chi connectivity index (χ3v) is 5.05. The quantitative estimate of drug-likeness (QED) is 0.868. The summed E-state index contributed by atoms with van der Waals surface area (Å²) in [5, 5.41) is 6.62. The van der Waals surface area contributed by atoms with Crippen molar-refractivity contribution >= 4 is 18.3 Å². The summed E-state index contributed by atoms with van der Waals surface area (Å²) in [6.45, 7) is 1.16. The lowest BCUT2D eigenvalue weighted by atomic mass is 9.85. The van der Waals surface area contributed by atoms with Crippen LogP contribution in [-0.2, 0) is 22.7 Å². The molecule has 3 unspecified atom stereocenters. The summed E-state index contributed by atoms with van der Waals surface area (Å²) < 4.78 is 5.21. The zero-order valence-electron chi connectivity index (χ0n) is 13.7. The first-order valence-corrected chi connectivity index (χ1v) is 8.37. The molecule has 0 bridgehead atoms. The molecule has 0 aromatic heterocycles. The van der Waals surface area contributed by atoms with Gasteiger partial charge in [-0.2, -0.15) is 0 Å². The van der Waals surface area contributed by atoms with Crippen LogP contribution in [0, 0.1) is 5.92 Å². The summed E-state index contributed by atoms with van der Waals surface area (Å²) in [7, 11) is 1.69. The van der Waals surface area contributed by atoms with Crippen molar-refractivity contribution < 1.29 is 9.53 Å². The van der Waals surface area contributed by atoms with Crippen LogP contribution < -0.4 is 10.6 Å². The Labute approximate surface area is 144 Å². The molecule has 0 spiro atoms. The monoisotopic (exact) mass is 338 g/mol. The first-order valence-electron chi connectivity index (χ1n) is 8.37. The van der Waals surface area contributed by atoms with E-state index in [-0.39, 0.29) is 24.4 Å².